The first-order chi connectivity index (χ1) is 20.2. The summed E-state index contributed by atoms with van der Waals surface area (Å²) in [5.41, 5.74) is 3.17. The Balaban J connectivity index is 1.30. The maximum atomic E-state index is 14.0. The molecule has 2 aliphatic rings. The fourth-order valence-corrected chi connectivity index (χ4v) is 6.72. The fraction of sp³-hybridized carbons (Fsp3) is 0.194. The molecule has 9 nitrogen and oxygen atoms in total. The van der Waals surface area contributed by atoms with Gasteiger partial charge < -0.3 is 4.90 Å². The minimum atomic E-state index is -0.440. The van der Waals surface area contributed by atoms with Gasteiger partial charge in [0.15, 0.2) is 5.78 Å². The summed E-state index contributed by atoms with van der Waals surface area (Å²) in [6.07, 6.45) is 0. The molecule has 0 bridgehead atoms. The van der Waals surface area contributed by atoms with Crippen LogP contribution in [0.5, 0.6) is 0 Å². The van der Waals surface area contributed by atoms with Gasteiger partial charge in [0.05, 0.1) is 21.6 Å². The highest BCUT2D eigenvalue weighted by Crippen LogP contribution is 2.41. The number of hydrogen-bond donors (Lipinski definition) is 0. The monoisotopic (exact) mass is 600 g/mol. The Morgan fingerprint density at radius 3 is 2.07 bits per heavy atom. The Hall–Kier alpha value is -4.38. The molecule has 0 saturated carbocycles. The molecule has 6 rings (SSSR count). The number of amides is 2. The van der Waals surface area contributed by atoms with Crippen molar-refractivity contribution in [3.63, 3.8) is 0 Å². The van der Waals surface area contributed by atoms with E-state index in [2.05, 4.69) is 9.80 Å². The van der Waals surface area contributed by atoms with Crippen molar-refractivity contribution >= 4 is 56.9 Å². The summed E-state index contributed by atoms with van der Waals surface area (Å²) in [4.78, 5) is 57.9. The lowest BCUT2D eigenvalue weighted by atomic mass is 9.99. The maximum Gasteiger partial charge on any atom is 0.269 e. The second-order valence-corrected chi connectivity index (χ2v) is 11.8. The lowest BCUT2D eigenvalue weighted by Crippen LogP contribution is -2.46. The number of nitro groups is 1. The molecule has 1 saturated heterocycles. The van der Waals surface area contributed by atoms with Gasteiger partial charge in [0, 0.05) is 66.0 Å². The van der Waals surface area contributed by atoms with Gasteiger partial charge in [-0.15, -0.1) is 11.3 Å². The molecule has 0 aliphatic carbocycles. The third kappa shape index (κ3) is 4.98. The Kier molecular flexibility index (Phi) is 7.36. The number of fused-ring (bicyclic) bond motifs is 1. The van der Waals surface area contributed by atoms with Crippen LogP contribution in [-0.2, 0) is 6.54 Å². The molecular formula is C31H25ClN4O5S. The number of piperazine rings is 1. The van der Waals surface area contributed by atoms with E-state index < -0.39 is 16.7 Å². The van der Waals surface area contributed by atoms with Crippen LogP contribution in [0.4, 0.5) is 16.4 Å². The number of hydrogen-bond acceptors (Lipinski definition) is 8. The zero-order valence-corrected chi connectivity index (χ0v) is 24.2. The number of benzene rings is 3. The first-order valence-corrected chi connectivity index (χ1v) is 14.5. The Morgan fingerprint density at radius 2 is 1.50 bits per heavy atom. The summed E-state index contributed by atoms with van der Waals surface area (Å²) >= 11 is 7.36. The summed E-state index contributed by atoms with van der Waals surface area (Å²) in [7, 11) is 0. The normalized spacial score (nSPS) is 15.3. The number of carbonyl (C=O) groups excluding carboxylic acids is 3. The van der Waals surface area contributed by atoms with E-state index in [0.717, 1.165) is 21.0 Å². The van der Waals surface area contributed by atoms with Crippen LogP contribution in [-0.4, -0.2) is 53.6 Å². The Morgan fingerprint density at radius 1 is 0.905 bits per heavy atom. The Bertz CT molecular complexity index is 1690. The summed E-state index contributed by atoms with van der Waals surface area (Å²) in [6, 6.07) is 19.8. The zero-order chi connectivity index (χ0) is 29.5. The molecule has 0 radical (unpaired) electrons. The predicted octanol–water partition coefficient (Wildman–Crippen LogP) is 5.97. The number of carbonyl (C=O) groups is 3. The van der Waals surface area contributed by atoms with E-state index in [1.165, 1.54) is 23.5 Å². The van der Waals surface area contributed by atoms with E-state index in [9.17, 15) is 24.5 Å². The van der Waals surface area contributed by atoms with Crippen LogP contribution in [0, 0.1) is 17.0 Å². The summed E-state index contributed by atoms with van der Waals surface area (Å²) in [5.74, 6) is -1.15. The van der Waals surface area contributed by atoms with Gasteiger partial charge in [-0.2, -0.15) is 0 Å². The van der Waals surface area contributed by atoms with Crippen molar-refractivity contribution in [1.29, 1.82) is 0 Å². The SMILES string of the molecule is Cc1sc(N2C(=O)c3ccccc3C2=O)c(C(=O)c2ccc(Cl)cc2)c1CN1CCN(c2ccc([N+](=O)[O-])cc2)CC1. The number of non-ortho nitro benzene ring substituents is 1. The maximum absolute atomic E-state index is 14.0. The van der Waals surface area contributed by atoms with Crippen molar-refractivity contribution in [2.45, 2.75) is 13.5 Å². The first kappa shape index (κ1) is 27.8. The quantitative estimate of drug-likeness (QED) is 0.111. The van der Waals surface area contributed by atoms with Gasteiger partial charge in [-0.1, -0.05) is 23.7 Å². The van der Waals surface area contributed by atoms with Crippen LogP contribution in [0.1, 0.15) is 47.1 Å². The average molecular weight is 601 g/mol. The number of rotatable bonds is 7. The van der Waals surface area contributed by atoms with Crippen molar-refractivity contribution in [3.8, 4) is 0 Å². The van der Waals surface area contributed by atoms with Crippen molar-refractivity contribution < 1.29 is 19.3 Å². The van der Waals surface area contributed by atoms with E-state index in [1.807, 2.05) is 6.92 Å². The molecule has 2 aliphatic heterocycles. The van der Waals surface area contributed by atoms with Gasteiger partial charge in [0.2, 0.25) is 0 Å². The molecule has 11 heteroatoms. The van der Waals surface area contributed by atoms with Crippen LogP contribution >= 0.6 is 22.9 Å². The Labute approximate surface area is 250 Å². The van der Waals surface area contributed by atoms with Gasteiger partial charge in [0.1, 0.15) is 5.00 Å². The van der Waals surface area contributed by atoms with Crippen LogP contribution in [0.15, 0.2) is 72.8 Å². The third-order valence-electron chi connectivity index (χ3n) is 7.70. The van der Waals surface area contributed by atoms with Crippen LogP contribution in [0.3, 0.4) is 0 Å². The molecule has 1 fully saturated rings. The topological polar surface area (TPSA) is 104 Å². The molecule has 42 heavy (non-hydrogen) atoms. The third-order valence-corrected chi connectivity index (χ3v) is 9.09. The lowest BCUT2D eigenvalue weighted by molar-refractivity contribution is -0.384. The number of nitro benzene ring substituents is 1. The molecule has 0 N–H and O–H groups in total. The van der Waals surface area contributed by atoms with E-state index in [4.69, 9.17) is 11.6 Å². The fourth-order valence-electron chi connectivity index (χ4n) is 5.44. The van der Waals surface area contributed by atoms with E-state index >= 15 is 0 Å². The molecule has 0 unspecified atom stereocenters. The second kappa shape index (κ2) is 11.1. The van der Waals surface area contributed by atoms with Crippen molar-refractivity contribution in [3.05, 3.63) is 121 Å². The number of thiophene rings is 1. The molecular weight excluding hydrogens is 576 g/mol. The molecule has 0 atom stereocenters. The van der Waals surface area contributed by atoms with Crippen LogP contribution in [0.25, 0.3) is 0 Å². The minimum Gasteiger partial charge on any atom is -0.369 e. The predicted molar refractivity (Wildman–Crippen MR) is 162 cm³/mol. The van der Waals surface area contributed by atoms with Gasteiger partial charge in [0.25, 0.3) is 17.5 Å². The summed E-state index contributed by atoms with van der Waals surface area (Å²) < 4.78 is 0. The smallest absolute Gasteiger partial charge is 0.269 e. The molecule has 212 valence electrons. The molecule has 1 aromatic heterocycles. The molecule has 3 aromatic carbocycles. The van der Waals surface area contributed by atoms with E-state index in [-0.39, 0.29) is 11.5 Å². The van der Waals surface area contributed by atoms with Crippen molar-refractivity contribution in [2.24, 2.45) is 0 Å². The van der Waals surface area contributed by atoms with Gasteiger partial charge >= 0.3 is 0 Å². The second-order valence-electron chi connectivity index (χ2n) is 10.2. The number of imide groups is 1. The zero-order valence-electron chi connectivity index (χ0n) is 22.6. The van der Waals surface area contributed by atoms with Crippen molar-refractivity contribution in [2.75, 3.05) is 36.0 Å². The number of aryl methyl sites for hydroxylation is 1. The number of ketones is 1. The average Bonchev–Trinajstić information content (AvgIpc) is 3.45. The van der Waals surface area contributed by atoms with Crippen LogP contribution < -0.4 is 9.80 Å². The first-order valence-electron chi connectivity index (χ1n) is 13.3. The number of anilines is 2. The molecule has 4 aromatic rings. The number of nitrogens with zero attached hydrogens (tertiary/aromatic N) is 4. The minimum absolute atomic E-state index is 0.0528. The lowest BCUT2D eigenvalue weighted by Gasteiger charge is -2.36. The highest BCUT2D eigenvalue weighted by atomic mass is 35.5. The highest BCUT2D eigenvalue weighted by molar-refractivity contribution is 7.17. The van der Waals surface area contributed by atoms with Gasteiger partial charge in [-0.3, -0.25) is 29.4 Å². The largest absolute Gasteiger partial charge is 0.369 e. The number of halogens is 1. The van der Waals surface area contributed by atoms with Crippen LogP contribution in [0.2, 0.25) is 5.02 Å². The standard InChI is InChI=1S/C31H25ClN4O5S/c1-19-26(18-33-14-16-34(17-15-33)22-10-12-23(13-11-22)36(40)41)27(28(37)20-6-8-21(32)9-7-20)31(42-19)35-29(38)24-4-2-3-5-25(24)30(35)39/h2-13H,14-18H2,1H3. The molecule has 2 amide bonds. The molecule has 0 spiro atoms. The molecule has 3 heterocycles. The summed E-state index contributed by atoms with van der Waals surface area (Å²) in [5, 5.41) is 11.8. The van der Waals surface area contributed by atoms with Gasteiger partial charge in [-0.05, 0) is 61.0 Å². The van der Waals surface area contributed by atoms with Gasteiger partial charge in [-0.25, -0.2) is 4.90 Å². The van der Waals surface area contributed by atoms with E-state index in [1.54, 1.807) is 60.7 Å². The van der Waals surface area contributed by atoms with E-state index in [0.29, 0.717) is 65.0 Å². The highest BCUT2D eigenvalue weighted by Gasteiger charge is 2.40. The van der Waals surface area contributed by atoms with Crippen molar-refractivity contribution in [1.82, 2.24) is 4.90 Å². The summed E-state index contributed by atoms with van der Waals surface area (Å²) in [6.45, 7) is 5.17.